The molecular weight excluding hydrogens is 162 g/mol. The molecule has 3 heteroatoms. The van der Waals surface area contributed by atoms with E-state index >= 15 is 0 Å². The van der Waals surface area contributed by atoms with E-state index in [-0.39, 0.29) is 0 Å². The van der Waals surface area contributed by atoms with Crippen LogP contribution in [0.3, 0.4) is 0 Å². The summed E-state index contributed by atoms with van der Waals surface area (Å²) in [5, 5.41) is 3.24. The van der Waals surface area contributed by atoms with Gasteiger partial charge in [0.05, 0.1) is 22.4 Å². The maximum Gasteiger partial charge on any atom is 0.0890 e. The smallest absolute Gasteiger partial charge is 0.0890 e. The highest BCUT2D eigenvalue weighted by atomic mass is 15.0. The Morgan fingerprint density at radius 3 is 2.00 bits per heavy atom. The summed E-state index contributed by atoms with van der Waals surface area (Å²) in [5.41, 5.74) is 4.17. The van der Waals surface area contributed by atoms with E-state index in [1.165, 1.54) is 0 Å². The number of hydrogen-bond donors (Lipinski definition) is 1. The molecule has 64 valence electrons. The highest BCUT2D eigenvalue weighted by molar-refractivity contribution is 5.74. The fraction of sp³-hybridized carbons (Fsp3) is 0.200. The average Bonchev–Trinajstić information content (AvgIpc) is 2.61. The Hall–Kier alpha value is -1.48. The molecule has 2 aromatic rings. The van der Waals surface area contributed by atoms with Gasteiger partial charge in [-0.15, -0.1) is 0 Å². The van der Waals surface area contributed by atoms with Crippen molar-refractivity contribution in [3.8, 4) is 0 Å². The number of para-hydroxylation sites is 2. The first-order valence-electron chi connectivity index (χ1n) is 4.39. The van der Waals surface area contributed by atoms with Crippen LogP contribution < -0.4 is 5.32 Å². The van der Waals surface area contributed by atoms with Gasteiger partial charge in [-0.3, -0.25) is 0 Å². The number of rotatable bonds is 0. The Bertz CT molecular complexity index is 422. The largest absolute Gasteiger partial charge is 0.305 e. The zero-order valence-corrected chi connectivity index (χ0v) is 7.12. The van der Waals surface area contributed by atoms with Crippen LogP contribution in [0.15, 0.2) is 24.3 Å². The van der Waals surface area contributed by atoms with Crippen molar-refractivity contribution >= 4 is 11.0 Å². The lowest BCUT2D eigenvalue weighted by Crippen LogP contribution is -2.00. The third-order valence-corrected chi connectivity index (χ3v) is 2.31. The number of aromatic nitrogens is 2. The molecule has 0 bridgehead atoms. The minimum atomic E-state index is 0.854. The fourth-order valence-corrected chi connectivity index (χ4v) is 1.66. The van der Waals surface area contributed by atoms with E-state index < -0.39 is 0 Å². The molecule has 13 heavy (non-hydrogen) atoms. The average molecular weight is 171 g/mol. The molecule has 0 atom stereocenters. The van der Waals surface area contributed by atoms with Crippen LogP contribution in [-0.4, -0.2) is 9.97 Å². The molecule has 0 spiro atoms. The van der Waals surface area contributed by atoms with E-state index in [4.69, 9.17) is 0 Å². The van der Waals surface area contributed by atoms with Crippen LogP contribution in [0.2, 0.25) is 0 Å². The van der Waals surface area contributed by atoms with Crippen LogP contribution in [-0.2, 0) is 13.1 Å². The molecule has 1 N–H and O–H groups in total. The van der Waals surface area contributed by atoms with Gasteiger partial charge in [0.25, 0.3) is 0 Å². The van der Waals surface area contributed by atoms with Gasteiger partial charge in [-0.2, -0.15) is 0 Å². The third kappa shape index (κ3) is 1.01. The second-order valence-electron chi connectivity index (χ2n) is 3.21. The summed E-state index contributed by atoms with van der Waals surface area (Å²) < 4.78 is 0. The lowest BCUT2D eigenvalue weighted by atomic mass is 10.2. The predicted octanol–water partition coefficient (Wildman–Crippen LogP) is 1.23. The van der Waals surface area contributed by atoms with Gasteiger partial charge in [0, 0.05) is 13.1 Å². The summed E-state index contributed by atoms with van der Waals surface area (Å²) in [7, 11) is 0. The van der Waals surface area contributed by atoms with Gasteiger partial charge >= 0.3 is 0 Å². The monoisotopic (exact) mass is 171 g/mol. The van der Waals surface area contributed by atoms with E-state index in [0.717, 1.165) is 35.5 Å². The van der Waals surface area contributed by atoms with Crippen molar-refractivity contribution < 1.29 is 0 Å². The van der Waals surface area contributed by atoms with Gasteiger partial charge in [0.15, 0.2) is 0 Å². The van der Waals surface area contributed by atoms with Crippen molar-refractivity contribution in [3.05, 3.63) is 35.7 Å². The van der Waals surface area contributed by atoms with Gasteiger partial charge in [-0.25, -0.2) is 9.97 Å². The van der Waals surface area contributed by atoms with E-state index in [1.54, 1.807) is 0 Å². The molecule has 1 aromatic carbocycles. The second kappa shape index (κ2) is 2.50. The first-order valence-corrected chi connectivity index (χ1v) is 4.39. The van der Waals surface area contributed by atoms with Crippen molar-refractivity contribution in [3.63, 3.8) is 0 Å². The van der Waals surface area contributed by atoms with E-state index in [1.807, 2.05) is 24.3 Å². The third-order valence-electron chi connectivity index (χ3n) is 2.31. The summed E-state index contributed by atoms with van der Waals surface area (Å²) in [6, 6.07) is 7.99. The zero-order valence-electron chi connectivity index (χ0n) is 7.12. The standard InChI is InChI=1S/C10H9N3/c1-2-4-8-7(3-1)12-9-5-11-6-10(9)13-8/h1-4,11H,5-6H2. The molecule has 0 fully saturated rings. The van der Waals surface area contributed by atoms with Crippen LogP contribution >= 0.6 is 0 Å². The van der Waals surface area contributed by atoms with Crippen LogP contribution in [0.25, 0.3) is 11.0 Å². The first-order chi connectivity index (χ1) is 6.43. The summed E-state index contributed by atoms with van der Waals surface area (Å²) in [5.74, 6) is 0. The molecule has 0 saturated carbocycles. The SMILES string of the molecule is c1ccc2nc3c(nc2c1)CNC3. The maximum absolute atomic E-state index is 4.53. The summed E-state index contributed by atoms with van der Waals surface area (Å²) in [4.78, 5) is 9.06. The Morgan fingerprint density at radius 1 is 0.923 bits per heavy atom. The summed E-state index contributed by atoms with van der Waals surface area (Å²) >= 11 is 0. The molecule has 0 saturated heterocycles. The molecule has 1 aliphatic heterocycles. The van der Waals surface area contributed by atoms with Gasteiger partial charge in [0.2, 0.25) is 0 Å². The highest BCUT2D eigenvalue weighted by Crippen LogP contribution is 2.15. The zero-order chi connectivity index (χ0) is 8.67. The quantitative estimate of drug-likeness (QED) is 0.648. The number of fused-ring (bicyclic) bond motifs is 2. The lowest BCUT2D eigenvalue weighted by Gasteiger charge is -1.99. The normalized spacial score (nSPS) is 14.8. The highest BCUT2D eigenvalue weighted by Gasteiger charge is 2.13. The fourth-order valence-electron chi connectivity index (χ4n) is 1.66. The van der Waals surface area contributed by atoms with Crippen LogP contribution in [0.1, 0.15) is 11.4 Å². The lowest BCUT2D eigenvalue weighted by molar-refractivity contribution is 0.753. The molecule has 3 nitrogen and oxygen atoms in total. The van der Waals surface area contributed by atoms with E-state index in [2.05, 4.69) is 15.3 Å². The molecule has 1 aliphatic rings. The Labute approximate surface area is 75.8 Å². The van der Waals surface area contributed by atoms with Gasteiger partial charge in [-0.1, -0.05) is 12.1 Å². The van der Waals surface area contributed by atoms with Crippen LogP contribution in [0, 0.1) is 0 Å². The maximum atomic E-state index is 4.53. The number of nitrogens with zero attached hydrogens (tertiary/aromatic N) is 2. The Morgan fingerprint density at radius 2 is 1.46 bits per heavy atom. The summed E-state index contributed by atoms with van der Waals surface area (Å²) in [6.45, 7) is 1.71. The van der Waals surface area contributed by atoms with Crippen molar-refractivity contribution in [1.82, 2.24) is 15.3 Å². The molecule has 2 heterocycles. The Kier molecular flexibility index (Phi) is 1.34. The van der Waals surface area contributed by atoms with Crippen LogP contribution in [0.4, 0.5) is 0 Å². The minimum absolute atomic E-state index is 0.854. The molecule has 0 radical (unpaired) electrons. The number of hydrogen-bond acceptors (Lipinski definition) is 3. The second-order valence-corrected chi connectivity index (χ2v) is 3.21. The molecule has 1 aromatic heterocycles. The molecule has 3 rings (SSSR count). The molecule has 0 amide bonds. The van der Waals surface area contributed by atoms with Gasteiger partial charge < -0.3 is 5.32 Å². The molecule has 0 unspecified atom stereocenters. The molecular formula is C10H9N3. The van der Waals surface area contributed by atoms with Crippen molar-refractivity contribution in [2.24, 2.45) is 0 Å². The predicted molar refractivity (Wildman–Crippen MR) is 50.1 cm³/mol. The van der Waals surface area contributed by atoms with Crippen LogP contribution in [0.5, 0.6) is 0 Å². The topological polar surface area (TPSA) is 37.8 Å². The Balaban J connectivity index is 2.36. The number of benzene rings is 1. The van der Waals surface area contributed by atoms with E-state index in [9.17, 15) is 0 Å². The van der Waals surface area contributed by atoms with Crippen molar-refractivity contribution in [1.29, 1.82) is 0 Å². The minimum Gasteiger partial charge on any atom is -0.305 e. The van der Waals surface area contributed by atoms with Crippen molar-refractivity contribution in [2.45, 2.75) is 13.1 Å². The van der Waals surface area contributed by atoms with Crippen molar-refractivity contribution in [2.75, 3.05) is 0 Å². The summed E-state index contributed by atoms with van der Waals surface area (Å²) in [6.07, 6.45) is 0. The molecule has 0 aliphatic carbocycles. The number of nitrogens with one attached hydrogen (secondary N) is 1. The first kappa shape index (κ1) is 6.97. The van der Waals surface area contributed by atoms with Gasteiger partial charge in [0.1, 0.15) is 0 Å². The van der Waals surface area contributed by atoms with Gasteiger partial charge in [-0.05, 0) is 12.1 Å². The van der Waals surface area contributed by atoms with E-state index in [0.29, 0.717) is 0 Å².